The van der Waals surface area contributed by atoms with Gasteiger partial charge in [0.25, 0.3) is 0 Å². The summed E-state index contributed by atoms with van der Waals surface area (Å²) in [6.07, 6.45) is 0.821. The minimum Gasteiger partial charge on any atom is -0.393 e. The summed E-state index contributed by atoms with van der Waals surface area (Å²) in [5.74, 6) is 0.0672. The summed E-state index contributed by atoms with van der Waals surface area (Å²) in [5, 5.41) is 9.64. The van der Waals surface area contributed by atoms with E-state index >= 15 is 0 Å². The highest BCUT2D eigenvalue weighted by molar-refractivity contribution is 5.82. The molecule has 0 aromatic heterocycles. The molecule has 1 fully saturated rings. The molecule has 2 unspecified atom stereocenters. The van der Waals surface area contributed by atoms with Crippen molar-refractivity contribution in [3.63, 3.8) is 0 Å². The summed E-state index contributed by atoms with van der Waals surface area (Å²) in [5.41, 5.74) is 0.844. The van der Waals surface area contributed by atoms with E-state index in [2.05, 4.69) is 4.90 Å². The Labute approximate surface area is 113 Å². The van der Waals surface area contributed by atoms with Crippen molar-refractivity contribution in [3.8, 4) is 0 Å². The number of piperidine rings is 1. The number of nitrogens with zero attached hydrogens (tertiary/aromatic N) is 1. The average molecular weight is 265 g/mol. The highest BCUT2D eigenvalue weighted by atomic mass is 19.1. The van der Waals surface area contributed by atoms with Gasteiger partial charge in [-0.25, -0.2) is 4.39 Å². The number of Topliss-reactive ketones (excluding diaryl/α,β-unsaturated/α-hetero) is 1. The number of likely N-dealkylation sites (tertiary alicyclic amines) is 1. The minimum absolute atomic E-state index is 0.134. The molecule has 1 N–H and O–H groups in total. The number of aliphatic hydroxyl groups is 1. The van der Waals surface area contributed by atoms with Gasteiger partial charge in [0.05, 0.1) is 12.6 Å². The molecule has 0 bridgehead atoms. The molecule has 0 aliphatic carbocycles. The molecule has 3 nitrogen and oxygen atoms in total. The SMILES string of the molecule is CC1CN(CC(=O)Cc2ccc(F)cc2)CCC1O. The molecule has 4 heteroatoms. The van der Waals surface area contributed by atoms with Crippen LogP contribution < -0.4 is 0 Å². The summed E-state index contributed by atoms with van der Waals surface area (Å²) in [6, 6.07) is 6.05. The summed E-state index contributed by atoms with van der Waals surface area (Å²) >= 11 is 0. The lowest BCUT2D eigenvalue weighted by Gasteiger charge is -2.33. The molecular weight excluding hydrogens is 245 g/mol. The van der Waals surface area contributed by atoms with Gasteiger partial charge in [0.1, 0.15) is 5.82 Å². The van der Waals surface area contributed by atoms with Crippen molar-refractivity contribution >= 4 is 5.78 Å². The van der Waals surface area contributed by atoms with E-state index in [4.69, 9.17) is 0 Å². The summed E-state index contributed by atoms with van der Waals surface area (Å²) in [6.45, 7) is 3.94. The first kappa shape index (κ1) is 14.2. The summed E-state index contributed by atoms with van der Waals surface area (Å²) in [7, 11) is 0. The van der Waals surface area contributed by atoms with Gasteiger partial charge in [-0.3, -0.25) is 9.69 Å². The smallest absolute Gasteiger partial charge is 0.151 e. The molecule has 1 saturated heterocycles. The van der Waals surface area contributed by atoms with E-state index in [-0.39, 0.29) is 23.6 Å². The molecule has 2 rings (SSSR count). The van der Waals surface area contributed by atoms with Gasteiger partial charge in [-0.1, -0.05) is 19.1 Å². The van der Waals surface area contributed by atoms with Crippen LogP contribution in [-0.2, 0) is 11.2 Å². The van der Waals surface area contributed by atoms with Crippen molar-refractivity contribution in [1.82, 2.24) is 4.90 Å². The molecule has 0 amide bonds. The molecule has 19 heavy (non-hydrogen) atoms. The third-order valence-electron chi connectivity index (χ3n) is 3.66. The highest BCUT2D eigenvalue weighted by Gasteiger charge is 2.25. The van der Waals surface area contributed by atoms with Crippen LogP contribution in [-0.4, -0.2) is 41.5 Å². The largest absolute Gasteiger partial charge is 0.393 e. The lowest BCUT2D eigenvalue weighted by Crippen LogP contribution is -2.44. The van der Waals surface area contributed by atoms with E-state index in [1.54, 1.807) is 12.1 Å². The number of carbonyl (C=O) groups excluding carboxylic acids is 1. The van der Waals surface area contributed by atoms with E-state index in [0.717, 1.165) is 25.1 Å². The van der Waals surface area contributed by atoms with Crippen molar-refractivity contribution < 1.29 is 14.3 Å². The number of halogens is 1. The summed E-state index contributed by atoms with van der Waals surface area (Å²) < 4.78 is 12.8. The Morgan fingerprint density at radius 1 is 1.42 bits per heavy atom. The molecular formula is C15H20FNO2. The zero-order valence-corrected chi connectivity index (χ0v) is 11.2. The number of aliphatic hydroxyl groups excluding tert-OH is 1. The monoisotopic (exact) mass is 265 g/mol. The molecule has 0 spiro atoms. The van der Waals surface area contributed by atoms with Gasteiger partial charge in [-0.2, -0.15) is 0 Å². The molecule has 1 aliphatic heterocycles. The second-order valence-corrected chi connectivity index (χ2v) is 5.41. The maximum absolute atomic E-state index is 12.8. The van der Waals surface area contributed by atoms with Crippen LogP contribution in [0.25, 0.3) is 0 Å². The Morgan fingerprint density at radius 3 is 2.74 bits per heavy atom. The molecule has 104 valence electrons. The van der Waals surface area contributed by atoms with E-state index in [0.29, 0.717) is 13.0 Å². The molecule has 0 radical (unpaired) electrons. The molecule has 0 saturated carbocycles. The minimum atomic E-state index is -0.282. The van der Waals surface area contributed by atoms with Crippen LogP contribution >= 0.6 is 0 Å². The lowest BCUT2D eigenvalue weighted by molar-refractivity contribution is -0.120. The van der Waals surface area contributed by atoms with Crippen LogP contribution in [0.4, 0.5) is 4.39 Å². The number of carbonyl (C=O) groups is 1. The van der Waals surface area contributed by atoms with Crippen molar-refractivity contribution in [1.29, 1.82) is 0 Å². The van der Waals surface area contributed by atoms with Crippen molar-refractivity contribution in [2.24, 2.45) is 5.92 Å². The van der Waals surface area contributed by atoms with Crippen molar-refractivity contribution in [2.75, 3.05) is 19.6 Å². The quantitative estimate of drug-likeness (QED) is 0.899. The molecule has 1 aliphatic rings. The Hall–Kier alpha value is -1.26. The second-order valence-electron chi connectivity index (χ2n) is 5.41. The van der Waals surface area contributed by atoms with Gasteiger partial charge < -0.3 is 5.11 Å². The predicted octanol–water partition coefficient (Wildman–Crippen LogP) is 1.64. The van der Waals surface area contributed by atoms with Gasteiger partial charge in [0.15, 0.2) is 5.78 Å². The van der Waals surface area contributed by atoms with Gasteiger partial charge in [-0.15, -0.1) is 0 Å². The predicted molar refractivity (Wildman–Crippen MR) is 71.3 cm³/mol. The fourth-order valence-electron chi connectivity index (χ4n) is 2.50. The number of rotatable bonds is 4. The zero-order chi connectivity index (χ0) is 13.8. The Bertz CT molecular complexity index is 432. The first-order valence-electron chi connectivity index (χ1n) is 6.71. The normalized spacial score (nSPS) is 24.4. The fraction of sp³-hybridized carbons (Fsp3) is 0.533. The topological polar surface area (TPSA) is 40.5 Å². The Morgan fingerprint density at radius 2 is 2.11 bits per heavy atom. The van der Waals surface area contributed by atoms with Crippen molar-refractivity contribution in [3.05, 3.63) is 35.6 Å². The van der Waals surface area contributed by atoms with E-state index in [9.17, 15) is 14.3 Å². The number of benzene rings is 1. The fourth-order valence-corrected chi connectivity index (χ4v) is 2.50. The van der Waals surface area contributed by atoms with E-state index in [1.807, 2.05) is 6.92 Å². The van der Waals surface area contributed by atoms with Crippen LogP contribution in [0, 0.1) is 11.7 Å². The van der Waals surface area contributed by atoms with Crippen LogP contribution in [0.2, 0.25) is 0 Å². The van der Waals surface area contributed by atoms with Gasteiger partial charge in [0, 0.05) is 19.5 Å². The van der Waals surface area contributed by atoms with E-state index < -0.39 is 0 Å². The molecule has 2 atom stereocenters. The lowest BCUT2D eigenvalue weighted by atomic mass is 9.96. The first-order valence-corrected chi connectivity index (χ1v) is 6.71. The van der Waals surface area contributed by atoms with Crippen LogP contribution in [0.5, 0.6) is 0 Å². The third kappa shape index (κ3) is 4.11. The number of ketones is 1. The van der Waals surface area contributed by atoms with Crippen molar-refractivity contribution in [2.45, 2.75) is 25.9 Å². The average Bonchev–Trinajstić information content (AvgIpc) is 2.37. The van der Waals surface area contributed by atoms with Crippen LogP contribution in [0.1, 0.15) is 18.9 Å². The standard InChI is InChI=1S/C15H20FNO2/c1-11-9-17(7-6-15(11)19)10-14(18)8-12-2-4-13(16)5-3-12/h2-5,11,15,19H,6-10H2,1H3. The maximum atomic E-state index is 12.8. The Balaban J connectivity index is 1.83. The number of hydrogen-bond donors (Lipinski definition) is 1. The van der Waals surface area contributed by atoms with Gasteiger partial charge in [0.2, 0.25) is 0 Å². The first-order chi connectivity index (χ1) is 9.04. The highest BCUT2D eigenvalue weighted by Crippen LogP contribution is 2.16. The van der Waals surface area contributed by atoms with Gasteiger partial charge in [-0.05, 0) is 30.0 Å². The van der Waals surface area contributed by atoms with E-state index in [1.165, 1.54) is 12.1 Å². The zero-order valence-electron chi connectivity index (χ0n) is 11.2. The summed E-state index contributed by atoms with van der Waals surface area (Å²) in [4.78, 5) is 14.0. The Kier molecular flexibility index (Phi) is 4.66. The molecule has 1 heterocycles. The molecule has 1 aromatic rings. The number of hydrogen-bond acceptors (Lipinski definition) is 3. The molecule has 1 aromatic carbocycles. The van der Waals surface area contributed by atoms with Gasteiger partial charge >= 0.3 is 0 Å². The maximum Gasteiger partial charge on any atom is 0.151 e. The second kappa shape index (κ2) is 6.26. The third-order valence-corrected chi connectivity index (χ3v) is 3.66. The van der Waals surface area contributed by atoms with Crippen LogP contribution in [0.3, 0.4) is 0 Å². The van der Waals surface area contributed by atoms with Crippen LogP contribution in [0.15, 0.2) is 24.3 Å².